The first-order valence-electron chi connectivity index (χ1n) is 6.08. The molecule has 0 saturated heterocycles. The van der Waals surface area contributed by atoms with Gasteiger partial charge in [0.15, 0.2) is 5.17 Å². The lowest BCUT2D eigenvalue weighted by Gasteiger charge is -2.10. The molecule has 0 bridgehead atoms. The third-order valence-corrected chi connectivity index (χ3v) is 2.62. The number of nitrogens with one attached hydrogen (secondary N) is 2. The van der Waals surface area contributed by atoms with Crippen molar-refractivity contribution in [3.05, 3.63) is 11.5 Å². The maximum absolute atomic E-state index is 11.4. The monoisotopic (exact) mass is 256 g/mol. The van der Waals surface area contributed by atoms with E-state index in [1.807, 2.05) is 11.5 Å². The van der Waals surface area contributed by atoms with Gasteiger partial charge in [-0.1, -0.05) is 58.4 Å². The molecule has 0 aromatic carbocycles. The molecule has 2 N–H and O–H groups in total. The summed E-state index contributed by atoms with van der Waals surface area (Å²) in [4.78, 5) is 11.4. The zero-order valence-electron chi connectivity index (χ0n) is 11.3. The summed E-state index contributed by atoms with van der Waals surface area (Å²) in [6.07, 6.45) is 5.61. The molecule has 0 radical (unpaired) electrons. The fourth-order valence-electron chi connectivity index (χ4n) is 1.06. The number of hydrogen-bond acceptors (Lipinski definition) is 3. The summed E-state index contributed by atoms with van der Waals surface area (Å²) in [5.74, 6) is -0.0555. The largest absolute Gasteiger partial charge is 0.305 e. The molecule has 0 saturated carbocycles. The molecule has 0 aromatic heterocycles. The van der Waals surface area contributed by atoms with Gasteiger partial charge >= 0.3 is 0 Å². The van der Waals surface area contributed by atoms with Crippen molar-refractivity contribution in [2.24, 2.45) is 5.41 Å². The predicted octanol–water partition coefficient (Wildman–Crippen LogP) is 3.91. The van der Waals surface area contributed by atoms with Crippen LogP contribution in [0.4, 0.5) is 0 Å². The van der Waals surface area contributed by atoms with Crippen LogP contribution >= 0.6 is 11.8 Å². The second-order valence-electron chi connectivity index (χ2n) is 5.12. The Morgan fingerprint density at radius 1 is 1.35 bits per heavy atom. The predicted molar refractivity (Wildman–Crippen MR) is 76.2 cm³/mol. The highest BCUT2D eigenvalue weighted by Crippen LogP contribution is 2.17. The zero-order valence-corrected chi connectivity index (χ0v) is 12.1. The minimum absolute atomic E-state index is 0.0555. The molecule has 0 aliphatic rings. The van der Waals surface area contributed by atoms with Gasteiger partial charge in [-0.3, -0.25) is 10.2 Å². The van der Waals surface area contributed by atoms with Gasteiger partial charge in [-0.05, 0) is 17.2 Å². The van der Waals surface area contributed by atoms with Crippen LogP contribution in [0.25, 0.3) is 0 Å². The van der Waals surface area contributed by atoms with Gasteiger partial charge in [0.2, 0.25) is 5.91 Å². The Labute approximate surface area is 109 Å². The molecule has 98 valence electrons. The third kappa shape index (κ3) is 11.5. The number of amides is 1. The van der Waals surface area contributed by atoms with E-state index in [4.69, 9.17) is 5.41 Å². The van der Waals surface area contributed by atoms with E-state index in [1.165, 1.54) is 11.8 Å². The molecular formula is C13H24N2OS. The van der Waals surface area contributed by atoms with Crippen molar-refractivity contribution in [2.75, 3.05) is 0 Å². The van der Waals surface area contributed by atoms with Crippen LogP contribution in [0.5, 0.6) is 0 Å². The number of allylic oxidation sites excluding steroid dienone is 1. The SMILES string of the molecule is CCCCCC(=O)NC(=N)S/C=C/C(C)(C)C. The van der Waals surface area contributed by atoms with E-state index in [2.05, 4.69) is 33.0 Å². The molecule has 3 nitrogen and oxygen atoms in total. The number of amidine groups is 1. The van der Waals surface area contributed by atoms with E-state index in [1.54, 1.807) is 0 Å². The molecule has 0 fully saturated rings. The summed E-state index contributed by atoms with van der Waals surface area (Å²) in [5.41, 5.74) is 0.110. The number of thioether (sulfide) groups is 1. The minimum Gasteiger partial charge on any atom is -0.305 e. The Kier molecular flexibility index (Phi) is 7.96. The number of rotatable bonds is 5. The molecule has 0 heterocycles. The van der Waals surface area contributed by atoms with E-state index in [9.17, 15) is 4.79 Å². The Hall–Kier alpha value is -0.770. The highest BCUT2D eigenvalue weighted by atomic mass is 32.2. The second kappa shape index (κ2) is 8.34. The standard InChI is InChI=1S/C13H24N2OS/c1-5-6-7-8-11(16)15-12(14)17-10-9-13(2,3)4/h9-10H,5-8H2,1-4H3,(H2,14,15,16)/b10-9+. The summed E-state index contributed by atoms with van der Waals surface area (Å²) < 4.78 is 0. The molecule has 0 aliphatic heterocycles. The first kappa shape index (κ1) is 16.2. The van der Waals surface area contributed by atoms with E-state index in [0.717, 1.165) is 19.3 Å². The molecule has 17 heavy (non-hydrogen) atoms. The van der Waals surface area contributed by atoms with Crippen LogP contribution in [0.15, 0.2) is 11.5 Å². The zero-order chi connectivity index (χ0) is 13.3. The van der Waals surface area contributed by atoms with Crippen LogP contribution in [-0.4, -0.2) is 11.1 Å². The van der Waals surface area contributed by atoms with E-state index in [0.29, 0.717) is 6.42 Å². The number of hydrogen-bond donors (Lipinski definition) is 2. The smallest absolute Gasteiger partial charge is 0.225 e. The van der Waals surface area contributed by atoms with Gasteiger partial charge in [0.1, 0.15) is 0 Å². The maximum Gasteiger partial charge on any atom is 0.225 e. The van der Waals surface area contributed by atoms with Gasteiger partial charge in [0.25, 0.3) is 0 Å². The topological polar surface area (TPSA) is 53.0 Å². The molecule has 1 amide bonds. The maximum atomic E-state index is 11.4. The van der Waals surface area contributed by atoms with Crippen molar-refractivity contribution in [1.29, 1.82) is 5.41 Å². The average Bonchev–Trinajstić information content (AvgIpc) is 2.15. The highest BCUT2D eigenvalue weighted by Gasteiger charge is 2.06. The lowest BCUT2D eigenvalue weighted by atomic mass is 9.98. The van der Waals surface area contributed by atoms with Gasteiger partial charge < -0.3 is 5.32 Å². The first-order valence-corrected chi connectivity index (χ1v) is 6.96. The Morgan fingerprint density at radius 3 is 2.53 bits per heavy atom. The van der Waals surface area contributed by atoms with Gasteiger partial charge in [-0.2, -0.15) is 0 Å². The van der Waals surface area contributed by atoms with Gasteiger partial charge in [0.05, 0.1) is 0 Å². The number of carbonyl (C=O) groups is 1. The van der Waals surface area contributed by atoms with Crippen molar-refractivity contribution in [2.45, 2.75) is 53.4 Å². The summed E-state index contributed by atoms with van der Waals surface area (Å²) in [5, 5.41) is 12.2. The molecule has 4 heteroatoms. The molecule has 0 rings (SSSR count). The van der Waals surface area contributed by atoms with Crippen LogP contribution in [0, 0.1) is 10.8 Å². The fourth-order valence-corrected chi connectivity index (χ4v) is 1.85. The van der Waals surface area contributed by atoms with Crippen LogP contribution in [-0.2, 0) is 4.79 Å². The molecular weight excluding hydrogens is 232 g/mol. The molecule has 0 aliphatic carbocycles. The quantitative estimate of drug-likeness (QED) is 0.445. The van der Waals surface area contributed by atoms with Gasteiger partial charge in [-0.25, -0.2) is 0 Å². The fraction of sp³-hybridized carbons (Fsp3) is 0.692. The summed E-state index contributed by atoms with van der Waals surface area (Å²) in [6, 6.07) is 0. The van der Waals surface area contributed by atoms with E-state index in [-0.39, 0.29) is 16.5 Å². The molecule has 0 aromatic rings. The average molecular weight is 256 g/mol. The number of unbranched alkanes of at least 4 members (excludes halogenated alkanes) is 2. The molecule has 0 spiro atoms. The van der Waals surface area contributed by atoms with Crippen LogP contribution in [0.3, 0.4) is 0 Å². The van der Waals surface area contributed by atoms with Crippen molar-refractivity contribution in [1.82, 2.24) is 5.32 Å². The Bertz CT molecular complexity index is 280. The lowest BCUT2D eigenvalue weighted by molar-refractivity contribution is -0.119. The second-order valence-corrected chi connectivity index (χ2v) is 6.04. The minimum atomic E-state index is -0.0555. The van der Waals surface area contributed by atoms with E-state index >= 15 is 0 Å². The van der Waals surface area contributed by atoms with Gasteiger partial charge in [0, 0.05) is 6.42 Å². The summed E-state index contributed by atoms with van der Waals surface area (Å²) in [7, 11) is 0. The van der Waals surface area contributed by atoms with Crippen molar-refractivity contribution >= 4 is 22.8 Å². The van der Waals surface area contributed by atoms with Gasteiger partial charge in [-0.15, -0.1) is 0 Å². The normalized spacial score (nSPS) is 11.8. The Balaban J connectivity index is 3.79. The van der Waals surface area contributed by atoms with Crippen LogP contribution in [0.1, 0.15) is 53.4 Å². The van der Waals surface area contributed by atoms with Crippen molar-refractivity contribution in [3.63, 3.8) is 0 Å². The highest BCUT2D eigenvalue weighted by molar-refractivity contribution is 8.16. The first-order chi connectivity index (χ1) is 7.85. The lowest BCUT2D eigenvalue weighted by Crippen LogP contribution is -2.26. The summed E-state index contributed by atoms with van der Waals surface area (Å²) >= 11 is 1.24. The van der Waals surface area contributed by atoms with Crippen molar-refractivity contribution < 1.29 is 4.79 Å². The molecule has 0 unspecified atom stereocenters. The number of carbonyl (C=O) groups excluding carboxylic acids is 1. The third-order valence-electron chi connectivity index (χ3n) is 2.01. The van der Waals surface area contributed by atoms with Crippen molar-refractivity contribution in [3.8, 4) is 0 Å². The van der Waals surface area contributed by atoms with E-state index < -0.39 is 0 Å². The molecule has 0 atom stereocenters. The summed E-state index contributed by atoms with van der Waals surface area (Å²) in [6.45, 7) is 8.39. The van der Waals surface area contributed by atoms with Crippen LogP contribution < -0.4 is 5.32 Å². The Morgan fingerprint density at radius 2 is 2.00 bits per heavy atom. The van der Waals surface area contributed by atoms with Crippen LogP contribution in [0.2, 0.25) is 0 Å².